The minimum absolute atomic E-state index is 0.179. The lowest BCUT2D eigenvalue weighted by Crippen LogP contribution is -2.41. The standard InChI is InChI=1S/C10H18N2OS/c1-12-7-2-3-8(12)5-9(4-7)14-6-10(11)13/h7-9H,2-6H2,1H3,(H2,11,13). The fraction of sp³-hybridized carbons (Fsp3) is 0.900. The number of thioether (sulfide) groups is 1. The monoisotopic (exact) mass is 214 g/mol. The predicted octanol–water partition coefficient (Wildman–Crippen LogP) is 0.830. The summed E-state index contributed by atoms with van der Waals surface area (Å²) in [4.78, 5) is 13.2. The second-order valence-electron chi connectivity index (χ2n) is 4.42. The summed E-state index contributed by atoms with van der Waals surface area (Å²) < 4.78 is 0. The number of carbonyl (C=O) groups excluding carboxylic acids is 1. The fourth-order valence-electron chi connectivity index (χ4n) is 2.70. The molecule has 0 aromatic heterocycles. The molecule has 2 aliphatic rings. The summed E-state index contributed by atoms with van der Waals surface area (Å²) in [6.07, 6.45) is 5.17. The van der Waals surface area contributed by atoms with Crippen molar-refractivity contribution in [2.45, 2.75) is 43.0 Å². The molecule has 0 spiro atoms. The van der Waals surface area contributed by atoms with Gasteiger partial charge in [0.15, 0.2) is 0 Å². The Morgan fingerprint density at radius 3 is 2.50 bits per heavy atom. The molecule has 2 aliphatic heterocycles. The van der Waals surface area contributed by atoms with Crippen LogP contribution in [0.15, 0.2) is 0 Å². The van der Waals surface area contributed by atoms with Crippen molar-refractivity contribution in [2.24, 2.45) is 5.73 Å². The van der Waals surface area contributed by atoms with Gasteiger partial charge in [0.05, 0.1) is 5.75 Å². The van der Waals surface area contributed by atoms with Crippen LogP contribution in [-0.4, -0.2) is 40.9 Å². The van der Waals surface area contributed by atoms with E-state index in [4.69, 9.17) is 5.73 Å². The van der Waals surface area contributed by atoms with Gasteiger partial charge in [-0.05, 0) is 32.7 Å². The SMILES string of the molecule is CN1C2CCC1CC(SCC(N)=O)C2. The summed E-state index contributed by atoms with van der Waals surface area (Å²) in [6, 6.07) is 1.53. The summed E-state index contributed by atoms with van der Waals surface area (Å²) in [5.41, 5.74) is 5.15. The first-order chi connectivity index (χ1) is 6.66. The van der Waals surface area contributed by atoms with Crippen LogP contribution in [0.5, 0.6) is 0 Å². The lowest BCUT2D eigenvalue weighted by molar-refractivity contribution is -0.115. The summed E-state index contributed by atoms with van der Waals surface area (Å²) >= 11 is 1.75. The van der Waals surface area contributed by atoms with Crippen molar-refractivity contribution >= 4 is 17.7 Å². The third kappa shape index (κ3) is 2.06. The lowest BCUT2D eigenvalue weighted by Gasteiger charge is -2.35. The molecule has 2 saturated heterocycles. The highest BCUT2D eigenvalue weighted by Crippen LogP contribution is 2.38. The van der Waals surface area contributed by atoms with E-state index in [1.54, 1.807) is 11.8 Å². The molecule has 2 rings (SSSR count). The summed E-state index contributed by atoms with van der Waals surface area (Å²) in [6.45, 7) is 0. The van der Waals surface area contributed by atoms with Gasteiger partial charge in [0.2, 0.25) is 5.91 Å². The summed E-state index contributed by atoms with van der Waals surface area (Å²) in [5.74, 6) is 0.314. The maximum atomic E-state index is 10.7. The molecule has 2 unspecified atom stereocenters. The van der Waals surface area contributed by atoms with E-state index in [-0.39, 0.29) is 5.91 Å². The fourth-order valence-corrected chi connectivity index (χ4v) is 3.81. The Balaban J connectivity index is 1.84. The second kappa shape index (κ2) is 4.11. The zero-order valence-corrected chi connectivity index (χ0v) is 9.43. The Kier molecular flexibility index (Phi) is 3.02. The molecule has 0 aliphatic carbocycles. The van der Waals surface area contributed by atoms with E-state index < -0.39 is 0 Å². The summed E-state index contributed by atoms with van der Waals surface area (Å²) in [7, 11) is 2.23. The Hall–Kier alpha value is -0.220. The number of piperidine rings is 1. The number of nitrogens with two attached hydrogens (primary N) is 1. The highest BCUT2D eigenvalue weighted by Gasteiger charge is 2.38. The first-order valence-electron chi connectivity index (χ1n) is 5.28. The van der Waals surface area contributed by atoms with Crippen molar-refractivity contribution in [3.63, 3.8) is 0 Å². The van der Waals surface area contributed by atoms with Crippen LogP contribution in [0, 0.1) is 0 Å². The topological polar surface area (TPSA) is 46.3 Å². The van der Waals surface area contributed by atoms with Gasteiger partial charge in [0, 0.05) is 17.3 Å². The van der Waals surface area contributed by atoms with Crippen molar-refractivity contribution in [3.05, 3.63) is 0 Å². The quantitative estimate of drug-likeness (QED) is 0.757. The number of hydrogen-bond acceptors (Lipinski definition) is 3. The highest BCUT2D eigenvalue weighted by atomic mass is 32.2. The van der Waals surface area contributed by atoms with Crippen LogP contribution >= 0.6 is 11.8 Å². The molecule has 2 N–H and O–H groups in total. The Morgan fingerprint density at radius 1 is 1.43 bits per heavy atom. The zero-order chi connectivity index (χ0) is 10.1. The van der Waals surface area contributed by atoms with Gasteiger partial charge in [-0.15, -0.1) is 11.8 Å². The zero-order valence-electron chi connectivity index (χ0n) is 8.61. The number of carbonyl (C=O) groups is 1. The number of hydrogen-bond donors (Lipinski definition) is 1. The lowest BCUT2D eigenvalue weighted by atomic mass is 10.0. The smallest absolute Gasteiger partial charge is 0.227 e. The number of rotatable bonds is 3. The Labute approximate surface area is 89.4 Å². The number of nitrogens with zero attached hydrogens (tertiary/aromatic N) is 1. The van der Waals surface area contributed by atoms with Crippen molar-refractivity contribution in [3.8, 4) is 0 Å². The number of fused-ring (bicyclic) bond motifs is 2. The molecule has 80 valence electrons. The van der Waals surface area contributed by atoms with Crippen LogP contribution in [0.3, 0.4) is 0 Å². The molecule has 0 saturated carbocycles. The molecule has 3 nitrogen and oxygen atoms in total. The van der Waals surface area contributed by atoms with E-state index in [0.29, 0.717) is 11.0 Å². The third-order valence-corrected chi connectivity index (χ3v) is 4.82. The molecule has 4 heteroatoms. The Morgan fingerprint density at radius 2 is 2.00 bits per heavy atom. The average Bonchev–Trinajstić information content (AvgIpc) is 2.41. The molecule has 2 atom stereocenters. The molecule has 0 aromatic rings. The Bertz CT molecular complexity index is 220. The van der Waals surface area contributed by atoms with Gasteiger partial charge in [-0.2, -0.15) is 0 Å². The van der Waals surface area contributed by atoms with Crippen molar-refractivity contribution < 1.29 is 4.79 Å². The third-order valence-electron chi connectivity index (χ3n) is 3.52. The van der Waals surface area contributed by atoms with Crippen molar-refractivity contribution in [1.29, 1.82) is 0 Å². The molecule has 2 bridgehead atoms. The minimum Gasteiger partial charge on any atom is -0.369 e. The maximum Gasteiger partial charge on any atom is 0.227 e. The maximum absolute atomic E-state index is 10.7. The van der Waals surface area contributed by atoms with Crippen LogP contribution in [0.2, 0.25) is 0 Å². The van der Waals surface area contributed by atoms with Gasteiger partial charge in [0.25, 0.3) is 0 Å². The van der Waals surface area contributed by atoms with E-state index in [1.807, 2.05) is 0 Å². The minimum atomic E-state index is -0.179. The molecular formula is C10H18N2OS. The molecule has 14 heavy (non-hydrogen) atoms. The van der Waals surface area contributed by atoms with E-state index in [9.17, 15) is 4.79 Å². The van der Waals surface area contributed by atoms with Crippen LogP contribution in [0.1, 0.15) is 25.7 Å². The van der Waals surface area contributed by atoms with E-state index >= 15 is 0 Å². The van der Waals surface area contributed by atoms with Gasteiger partial charge < -0.3 is 10.6 Å². The van der Waals surface area contributed by atoms with Gasteiger partial charge in [-0.1, -0.05) is 0 Å². The first-order valence-corrected chi connectivity index (χ1v) is 6.33. The highest BCUT2D eigenvalue weighted by molar-refractivity contribution is 8.00. The van der Waals surface area contributed by atoms with Crippen molar-refractivity contribution in [1.82, 2.24) is 4.90 Å². The second-order valence-corrected chi connectivity index (χ2v) is 5.71. The van der Waals surface area contributed by atoms with Crippen LogP contribution in [-0.2, 0) is 4.79 Å². The molecule has 1 amide bonds. The van der Waals surface area contributed by atoms with Gasteiger partial charge in [-0.3, -0.25) is 4.79 Å². The number of primary amides is 1. The normalized spacial score (nSPS) is 37.4. The molecule has 2 heterocycles. The molecule has 2 fully saturated rings. The van der Waals surface area contributed by atoms with E-state index in [0.717, 1.165) is 12.1 Å². The summed E-state index contributed by atoms with van der Waals surface area (Å²) in [5, 5.41) is 0.663. The first kappa shape index (κ1) is 10.3. The van der Waals surface area contributed by atoms with Gasteiger partial charge >= 0.3 is 0 Å². The van der Waals surface area contributed by atoms with E-state index in [2.05, 4.69) is 11.9 Å². The van der Waals surface area contributed by atoms with E-state index in [1.165, 1.54) is 25.7 Å². The molecule has 0 aromatic carbocycles. The van der Waals surface area contributed by atoms with Gasteiger partial charge in [-0.25, -0.2) is 0 Å². The van der Waals surface area contributed by atoms with Crippen LogP contribution in [0.4, 0.5) is 0 Å². The average molecular weight is 214 g/mol. The largest absolute Gasteiger partial charge is 0.369 e. The van der Waals surface area contributed by atoms with Gasteiger partial charge in [0.1, 0.15) is 0 Å². The van der Waals surface area contributed by atoms with Crippen molar-refractivity contribution in [2.75, 3.05) is 12.8 Å². The predicted molar refractivity (Wildman–Crippen MR) is 59.2 cm³/mol. The molecule has 0 radical (unpaired) electrons. The molecular weight excluding hydrogens is 196 g/mol. The number of amides is 1. The van der Waals surface area contributed by atoms with Crippen LogP contribution in [0.25, 0.3) is 0 Å². The van der Waals surface area contributed by atoms with Crippen LogP contribution < -0.4 is 5.73 Å².